The molecule has 0 spiro atoms. The van der Waals surface area contributed by atoms with E-state index in [9.17, 15) is 20.1 Å². The van der Waals surface area contributed by atoms with Gasteiger partial charge in [0.2, 0.25) is 0 Å². The average molecular weight is 358 g/mol. The summed E-state index contributed by atoms with van der Waals surface area (Å²) in [6, 6.07) is 3.46. The number of fused-ring (bicyclic) bond motifs is 1. The number of benzene rings is 1. The quantitative estimate of drug-likeness (QED) is 0.558. The molecule has 1 aliphatic heterocycles. The van der Waals surface area contributed by atoms with Crippen LogP contribution >= 0.6 is 0 Å². The number of likely N-dealkylation sites (tertiary alicyclic amines) is 1. The molecular formula is C21H28NO4+. The van der Waals surface area contributed by atoms with Gasteiger partial charge in [0.15, 0.2) is 11.5 Å². The lowest BCUT2D eigenvalue weighted by molar-refractivity contribution is -0.950. The molecule has 3 aliphatic carbocycles. The molecule has 1 saturated heterocycles. The second-order valence-electron chi connectivity index (χ2n) is 9.49. The smallest absolute Gasteiger partial charge is 0.161 e. The highest BCUT2D eigenvalue weighted by molar-refractivity contribution is 5.83. The largest absolute Gasteiger partial charge is 0.504 e. The first kappa shape index (κ1) is 16.6. The molecule has 3 fully saturated rings. The van der Waals surface area contributed by atoms with Crippen molar-refractivity contribution in [1.82, 2.24) is 0 Å². The third kappa shape index (κ3) is 1.96. The minimum absolute atomic E-state index is 0.0430. The van der Waals surface area contributed by atoms with Crippen LogP contribution in [0.4, 0.5) is 0 Å². The fourth-order valence-corrected chi connectivity index (χ4v) is 6.52. The number of phenolic OH excluding ortho intramolecular Hbond substituents is 2. The standard InChI is InChI=1S/C21H27NO4/c1-22(12-13-2-3-13)9-8-20-11-15(23)6-7-21(20,26)17(22)10-14-4-5-16(24)19(25)18(14)20/h4-5,13,17,26H,2-3,6-12H2,1H3,(H-,24,25)/p+1/t17-,20-,21?,22+/m1/s1. The zero-order chi connectivity index (χ0) is 18.3. The Morgan fingerprint density at radius 3 is 2.73 bits per heavy atom. The number of ketones is 1. The van der Waals surface area contributed by atoms with E-state index in [1.807, 2.05) is 6.07 Å². The molecular weight excluding hydrogens is 330 g/mol. The molecule has 0 radical (unpaired) electrons. The normalized spacial score (nSPS) is 41.5. The summed E-state index contributed by atoms with van der Waals surface area (Å²) in [5, 5.41) is 32.9. The van der Waals surface area contributed by atoms with Crippen molar-refractivity contribution in [1.29, 1.82) is 0 Å². The lowest BCUT2D eigenvalue weighted by atomic mass is 9.48. The molecule has 26 heavy (non-hydrogen) atoms. The van der Waals surface area contributed by atoms with Gasteiger partial charge in [-0.05, 0) is 30.9 Å². The van der Waals surface area contributed by atoms with Crippen molar-refractivity contribution >= 4 is 5.78 Å². The summed E-state index contributed by atoms with van der Waals surface area (Å²) in [4.78, 5) is 12.4. The van der Waals surface area contributed by atoms with Gasteiger partial charge >= 0.3 is 0 Å². The van der Waals surface area contributed by atoms with E-state index in [1.165, 1.54) is 12.8 Å². The van der Waals surface area contributed by atoms with E-state index in [-0.39, 0.29) is 29.7 Å². The van der Waals surface area contributed by atoms with Crippen LogP contribution in [0.2, 0.25) is 0 Å². The number of carbonyl (C=O) groups excluding carboxylic acids is 1. The van der Waals surface area contributed by atoms with Crippen LogP contribution in [0, 0.1) is 5.92 Å². The number of likely N-dealkylation sites (N-methyl/N-ethyl adjacent to an activating group) is 1. The highest BCUT2D eigenvalue weighted by atomic mass is 16.3. The Balaban J connectivity index is 1.72. The Labute approximate surface area is 153 Å². The molecule has 4 atom stereocenters. The first-order valence-corrected chi connectivity index (χ1v) is 9.92. The zero-order valence-electron chi connectivity index (χ0n) is 15.4. The van der Waals surface area contributed by atoms with E-state index in [0.29, 0.717) is 31.2 Å². The SMILES string of the molecule is C[N@@+]1(CC2CC2)CC[C@]23CC(=O)CCC2(O)[C@H]1Cc1ccc(O)c(O)c13. The number of nitrogens with zero attached hydrogens (tertiary/aromatic N) is 1. The van der Waals surface area contributed by atoms with Crippen molar-refractivity contribution in [2.45, 2.75) is 62.0 Å². The van der Waals surface area contributed by atoms with E-state index < -0.39 is 11.0 Å². The molecule has 5 heteroatoms. The Bertz CT molecular complexity index is 803. The summed E-state index contributed by atoms with van der Waals surface area (Å²) in [7, 11) is 2.27. The number of hydrogen-bond donors (Lipinski definition) is 3. The number of phenols is 2. The number of rotatable bonds is 2. The molecule has 5 nitrogen and oxygen atoms in total. The highest BCUT2D eigenvalue weighted by Crippen LogP contribution is 2.61. The maximum Gasteiger partial charge on any atom is 0.161 e. The van der Waals surface area contributed by atoms with Gasteiger partial charge in [-0.3, -0.25) is 4.79 Å². The maximum atomic E-state index is 12.4. The molecule has 140 valence electrons. The van der Waals surface area contributed by atoms with Gasteiger partial charge in [0.1, 0.15) is 17.4 Å². The number of aliphatic hydroxyl groups is 1. The molecule has 1 unspecified atom stereocenters. The Kier molecular flexibility index (Phi) is 3.20. The van der Waals surface area contributed by atoms with E-state index >= 15 is 0 Å². The van der Waals surface area contributed by atoms with Gasteiger partial charge in [-0.25, -0.2) is 0 Å². The van der Waals surface area contributed by atoms with E-state index in [0.717, 1.165) is 29.1 Å². The van der Waals surface area contributed by atoms with Gasteiger partial charge in [0, 0.05) is 42.6 Å². The zero-order valence-corrected chi connectivity index (χ0v) is 15.4. The molecule has 0 amide bonds. The molecule has 5 rings (SSSR count). The van der Waals surface area contributed by atoms with Gasteiger partial charge in [0.25, 0.3) is 0 Å². The first-order valence-electron chi connectivity index (χ1n) is 9.92. The lowest BCUT2D eigenvalue weighted by Gasteiger charge is -2.65. The van der Waals surface area contributed by atoms with Gasteiger partial charge in [-0.2, -0.15) is 0 Å². The van der Waals surface area contributed by atoms with Crippen molar-refractivity contribution < 1.29 is 24.6 Å². The molecule has 4 aliphatic rings. The number of hydrogen-bond acceptors (Lipinski definition) is 4. The van der Waals surface area contributed by atoms with Crippen molar-refractivity contribution in [3.63, 3.8) is 0 Å². The van der Waals surface area contributed by atoms with Crippen LogP contribution < -0.4 is 0 Å². The fraction of sp³-hybridized carbons (Fsp3) is 0.667. The molecule has 2 saturated carbocycles. The Hall–Kier alpha value is -1.59. The van der Waals surface area contributed by atoms with Crippen molar-refractivity contribution in [3.05, 3.63) is 23.3 Å². The second kappa shape index (κ2) is 5.02. The van der Waals surface area contributed by atoms with Crippen LogP contribution in [0.3, 0.4) is 0 Å². The van der Waals surface area contributed by atoms with Crippen molar-refractivity contribution in [3.8, 4) is 11.5 Å². The van der Waals surface area contributed by atoms with Crippen LogP contribution in [0.25, 0.3) is 0 Å². The summed E-state index contributed by atoms with van der Waals surface area (Å²) in [5.41, 5.74) is -0.127. The summed E-state index contributed by atoms with van der Waals surface area (Å²) in [6.07, 6.45) is 5.09. The highest BCUT2D eigenvalue weighted by Gasteiger charge is 2.70. The molecule has 1 heterocycles. The summed E-state index contributed by atoms with van der Waals surface area (Å²) in [5.74, 6) is 0.628. The fourth-order valence-electron chi connectivity index (χ4n) is 6.52. The lowest BCUT2D eigenvalue weighted by Crippen LogP contribution is -2.78. The van der Waals surface area contributed by atoms with Crippen molar-refractivity contribution in [2.75, 3.05) is 20.1 Å². The topological polar surface area (TPSA) is 77.8 Å². The predicted octanol–water partition coefficient (Wildman–Crippen LogP) is 2.00. The Morgan fingerprint density at radius 2 is 2.00 bits per heavy atom. The Morgan fingerprint density at radius 1 is 1.23 bits per heavy atom. The summed E-state index contributed by atoms with van der Waals surface area (Å²) < 4.78 is 0.859. The van der Waals surface area contributed by atoms with E-state index in [2.05, 4.69) is 7.05 Å². The van der Waals surface area contributed by atoms with Crippen LogP contribution in [-0.2, 0) is 16.6 Å². The van der Waals surface area contributed by atoms with Crippen LogP contribution in [0.1, 0.15) is 49.7 Å². The molecule has 1 aromatic rings. The first-order chi connectivity index (χ1) is 12.3. The van der Waals surface area contributed by atoms with E-state index in [4.69, 9.17) is 0 Å². The van der Waals surface area contributed by atoms with Gasteiger partial charge in [-0.15, -0.1) is 0 Å². The number of Topliss-reactive ketones (excluding diaryl/α,β-unsaturated/α-hetero) is 1. The second-order valence-corrected chi connectivity index (χ2v) is 9.49. The number of piperidine rings is 1. The average Bonchev–Trinajstić information content (AvgIpc) is 3.39. The monoisotopic (exact) mass is 358 g/mol. The van der Waals surface area contributed by atoms with Crippen molar-refractivity contribution in [2.24, 2.45) is 5.92 Å². The van der Waals surface area contributed by atoms with Crippen LogP contribution in [-0.4, -0.2) is 57.4 Å². The number of carbonyl (C=O) groups is 1. The molecule has 0 aromatic heterocycles. The van der Waals surface area contributed by atoms with Crippen LogP contribution in [0.5, 0.6) is 11.5 Å². The predicted molar refractivity (Wildman–Crippen MR) is 96.0 cm³/mol. The van der Waals surface area contributed by atoms with Crippen LogP contribution in [0.15, 0.2) is 12.1 Å². The minimum Gasteiger partial charge on any atom is -0.504 e. The number of quaternary nitrogens is 1. The molecule has 2 bridgehead atoms. The third-order valence-corrected chi connectivity index (χ3v) is 7.97. The molecule has 1 aromatic carbocycles. The van der Waals surface area contributed by atoms with Gasteiger partial charge < -0.3 is 19.8 Å². The van der Waals surface area contributed by atoms with Gasteiger partial charge in [-0.1, -0.05) is 6.07 Å². The number of aromatic hydroxyl groups is 2. The minimum atomic E-state index is -0.999. The summed E-state index contributed by atoms with van der Waals surface area (Å²) >= 11 is 0. The maximum absolute atomic E-state index is 12.4. The van der Waals surface area contributed by atoms with E-state index in [1.54, 1.807) is 6.07 Å². The third-order valence-electron chi connectivity index (χ3n) is 7.97. The van der Waals surface area contributed by atoms with Gasteiger partial charge in [0.05, 0.1) is 20.1 Å². The molecule has 3 N–H and O–H groups in total. The summed E-state index contributed by atoms with van der Waals surface area (Å²) in [6.45, 7) is 2.00.